The average Bonchev–Trinajstić information content (AvgIpc) is 3.28. The maximum atomic E-state index is 12.7. The molecule has 35 heavy (non-hydrogen) atoms. The average molecular weight is 497 g/mol. The first-order chi connectivity index (χ1) is 16.8. The maximum Gasteiger partial charge on any atom is 0.241 e. The summed E-state index contributed by atoms with van der Waals surface area (Å²) in [7, 11) is -3.63. The first kappa shape index (κ1) is 22.7. The van der Waals surface area contributed by atoms with E-state index in [0.29, 0.717) is 17.2 Å². The molecule has 1 heterocycles. The Morgan fingerprint density at radius 1 is 0.971 bits per heavy atom. The molecule has 4 fully saturated rings. The number of sulfonamides is 1. The minimum absolute atomic E-state index is 0.191. The van der Waals surface area contributed by atoms with E-state index in [1.165, 1.54) is 48.4 Å². The van der Waals surface area contributed by atoms with Crippen LogP contribution >= 0.6 is 0 Å². The normalized spacial score (nSPS) is 28.2. The predicted octanol–water partition coefficient (Wildman–Crippen LogP) is 3.97. The number of carbonyl (C=O) groups excluding carboxylic acids is 1. The zero-order valence-corrected chi connectivity index (χ0v) is 20.9. The number of hydrogen-bond acceptors (Lipinski definition) is 5. The molecule has 8 heteroatoms. The van der Waals surface area contributed by atoms with Gasteiger partial charge in [0.25, 0.3) is 0 Å². The van der Waals surface area contributed by atoms with Crippen LogP contribution in [0.4, 0.5) is 5.69 Å². The second-order valence-electron chi connectivity index (χ2n) is 11.0. The summed E-state index contributed by atoms with van der Waals surface area (Å²) < 4.78 is 37.1. The van der Waals surface area contributed by atoms with Crippen LogP contribution < -0.4 is 19.1 Å². The maximum absolute atomic E-state index is 12.7. The molecule has 186 valence electrons. The lowest BCUT2D eigenvalue weighted by Gasteiger charge is -2.57. The van der Waals surface area contributed by atoms with E-state index in [4.69, 9.17) is 9.47 Å². The van der Waals surface area contributed by atoms with Gasteiger partial charge in [-0.1, -0.05) is 18.2 Å². The monoisotopic (exact) mass is 496 g/mol. The fraction of sp³-hybridized carbons (Fsp3) is 0.519. The molecule has 0 saturated heterocycles. The molecule has 2 aromatic carbocycles. The summed E-state index contributed by atoms with van der Waals surface area (Å²) in [5.74, 6) is 3.51. The summed E-state index contributed by atoms with van der Waals surface area (Å²) in [6.45, 7) is 0.203. The highest BCUT2D eigenvalue weighted by Crippen LogP contribution is 2.60. The molecule has 0 aromatic heterocycles. The van der Waals surface area contributed by atoms with Crippen LogP contribution in [0.1, 0.15) is 49.7 Å². The summed E-state index contributed by atoms with van der Waals surface area (Å²) in [4.78, 5) is 12.7. The van der Waals surface area contributed by atoms with Crippen LogP contribution in [0.2, 0.25) is 0 Å². The summed E-state index contributed by atoms with van der Waals surface area (Å²) in [6.07, 6.45) is 9.09. The number of nitrogens with one attached hydrogen (secondary N) is 1. The predicted molar refractivity (Wildman–Crippen MR) is 133 cm³/mol. The summed E-state index contributed by atoms with van der Waals surface area (Å²) in [5, 5.41) is 2.82. The number of anilines is 1. The molecule has 4 bridgehead atoms. The lowest BCUT2D eigenvalue weighted by Crippen LogP contribution is -2.48. The van der Waals surface area contributed by atoms with Gasteiger partial charge in [0.2, 0.25) is 22.7 Å². The smallest absolute Gasteiger partial charge is 0.241 e. The van der Waals surface area contributed by atoms with E-state index in [0.717, 1.165) is 29.6 Å². The van der Waals surface area contributed by atoms with Crippen molar-refractivity contribution in [2.75, 3.05) is 23.9 Å². The van der Waals surface area contributed by atoms with Gasteiger partial charge in [0.1, 0.15) is 6.54 Å². The van der Waals surface area contributed by atoms with Crippen molar-refractivity contribution in [1.82, 2.24) is 5.32 Å². The SMILES string of the molecule is CS(=O)(=O)N(CC(=O)NCc1ccc2c(c1)OCO2)c1ccc(C23CC4CC(CC(C4)C2)C3)cc1. The zero-order valence-electron chi connectivity index (χ0n) is 20.0. The third kappa shape index (κ3) is 4.37. The summed E-state index contributed by atoms with van der Waals surface area (Å²) in [5.41, 5.74) is 2.97. The standard InChI is InChI=1S/C27H32N2O5S/c1-35(31,32)29(16-26(30)28-15-18-2-7-24-25(11-18)34-17-33-24)23-5-3-22(4-6-23)27-12-19-8-20(13-27)10-21(9-19)14-27/h2-7,11,19-21H,8-10,12-17H2,1H3,(H,28,30). The van der Waals surface area contributed by atoms with Crippen LogP contribution in [0.3, 0.4) is 0 Å². The van der Waals surface area contributed by atoms with Crippen molar-refractivity contribution < 1.29 is 22.7 Å². The lowest BCUT2D eigenvalue weighted by molar-refractivity contribution is -0.119. The highest BCUT2D eigenvalue weighted by molar-refractivity contribution is 7.92. The molecule has 4 saturated carbocycles. The highest BCUT2D eigenvalue weighted by Gasteiger charge is 2.51. The molecule has 1 aliphatic heterocycles. The minimum Gasteiger partial charge on any atom is -0.454 e. The number of carbonyl (C=O) groups is 1. The molecule has 7 rings (SSSR count). The van der Waals surface area contributed by atoms with Crippen molar-refractivity contribution in [1.29, 1.82) is 0 Å². The van der Waals surface area contributed by atoms with Gasteiger partial charge < -0.3 is 14.8 Å². The van der Waals surface area contributed by atoms with E-state index in [9.17, 15) is 13.2 Å². The number of nitrogens with zero attached hydrogens (tertiary/aromatic N) is 1. The van der Waals surface area contributed by atoms with E-state index in [-0.39, 0.29) is 31.2 Å². The third-order valence-electron chi connectivity index (χ3n) is 8.42. The van der Waals surface area contributed by atoms with Gasteiger partial charge in [-0.3, -0.25) is 9.10 Å². The molecule has 5 aliphatic rings. The Bertz CT molecular complexity index is 1210. The number of ether oxygens (including phenoxy) is 2. The Morgan fingerprint density at radius 3 is 2.23 bits per heavy atom. The molecule has 7 nitrogen and oxygen atoms in total. The molecule has 0 radical (unpaired) electrons. The van der Waals surface area contributed by atoms with Crippen LogP contribution in [0, 0.1) is 17.8 Å². The van der Waals surface area contributed by atoms with E-state index < -0.39 is 10.0 Å². The van der Waals surface area contributed by atoms with Gasteiger partial charge in [-0.25, -0.2) is 8.42 Å². The first-order valence-electron chi connectivity index (χ1n) is 12.5. The minimum atomic E-state index is -3.63. The van der Waals surface area contributed by atoms with Crippen LogP contribution in [0.15, 0.2) is 42.5 Å². The van der Waals surface area contributed by atoms with E-state index >= 15 is 0 Å². The Labute approximate surface area is 206 Å². The van der Waals surface area contributed by atoms with Crippen molar-refractivity contribution >= 4 is 21.6 Å². The molecule has 1 N–H and O–H groups in total. The lowest BCUT2D eigenvalue weighted by atomic mass is 9.48. The number of benzene rings is 2. The van der Waals surface area contributed by atoms with Gasteiger partial charge in [0, 0.05) is 6.54 Å². The molecule has 2 aromatic rings. The highest BCUT2D eigenvalue weighted by atomic mass is 32.2. The van der Waals surface area contributed by atoms with Crippen molar-refractivity contribution in [2.24, 2.45) is 17.8 Å². The van der Waals surface area contributed by atoms with Crippen LogP contribution in [0.5, 0.6) is 11.5 Å². The Balaban J connectivity index is 1.15. The van der Waals surface area contributed by atoms with Gasteiger partial charge in [-0.15, -0.1) is 0 Å². The molecule has 4 aliphatic carbocycles. The first-order valence-corrected chi connectivity index (χ1v) is 14.4. The van der Waals surface area contributed by atoms with Crippen LogP contribution in [-0.2, 0) is 26.8 Å². The molecular formula is C27H32N2O5S. The van der Waals surface area contributed by atoms with Crippen LogP contribution in [0.25, 0.3) is 0 Å². The largest absolute Gasteiger partial charge is 0.454 e. The summed E-state index contributed by atoms with van der Waals surface area (Å²) >= 11 is 0. The number of amides is 1. The molecule has 0 unspecified atom stereocenters. The van der Waals surface area contributed by atoms with Crippen LogP contribution in [-0.4, -0.2) is 33.9 Å². The quantitative estimate of drug-likeness (QED) is 0.627. The van der Waals surface area contributed by atoms with Gasteiger partial charge in [-0.05, 0) is 97.1 Å². The molecule has 0 atom stereocenters. The fourth-order valence-corrected chi connectivity index (χ4v) is 8.14. The zero-order chi connectivity index (χ0) is 24.2. The number of fused-ring (bicyclic) bond motifs is 1. The topological polar surface area (TPSA) is 84.9 Å². The molecule has 0 spiro atoms. The van der Waals surface area contributed by atoms with E-state index in [2.05, 4.69) is 17.4 Å². The van der Waals surface area contributed by atoms with Gasteiger partial charge in [-0.2, -0.15) is 0 Å². The van der Waals surface area contributed by atoms with Gasteiger partial charge in [0.15, 0.2) is 11.5 Å². The second-order valence-corrected chi connectivity index (χ2v) is 12.9. The summed E-state index contributed by atoms with van der Waals surface area (Å²) in [6, 6.07) is 13.4. The fourth-order valence-electron chi connectivity index (χ4n) is 7.28. The van der Waals surface area contributed by atoms with Crippen molar-refractivity contribution in [2.45, 2.75) is 50.5 Å². The van der Waals surface area contributed by atoms with Crippen molar-refractivity contribution in [3.63, 3.8) is 0 Å². The van der Waals surface area contributed by atoms with Gasteiger partial charge >= 0.3 is 0 Å². The number of rotatable bonds is 7. The Hall–Kier alpha value is -2.74. The van der Waals surface area contributed by atoms with E-state index in [1.54, 1.807) is 6.07 Å². The Kier molecular flexibility index (Phi) is 5.47. The number of hydrogen-bond donors (Lipinski definition) is 1. The third-order valence-corrected chi connectivity index (χ3v) is 9.56. The second kappa shape index (κ2) is 8.43. The van der Waals surface area contributed by atoms with E-state index in [1.807, 2.05) is 24.3 Å². The molecule has 1 amide bonds. The Morgan fingerprint density at radius 2 is 1.60 bits per heavy atom. The van der Waals surface area contributed by atoms with Crippen molar-refractivity contribution in [3.05, 3.63) is 53.6 Å². The van der Waals surface area contributed by atoms with Gasteiger partial charge in [0.05, 0.1) is 11.9 Å². The van der Waals surface area contributed by atoms with Crippen molar-refractivity contribution in [3.8, 4) is 11.5 Å². The molecular weight excluding hydrogens is 464 g/mol.